The summed E-state index contributed by atoms with van der Waals surface area (Å²) >= 11 is 7.16. The predicted octanol–water partition coefficient (Wildman–Crippen LogP) is 2.57. The Hall–Kier alpha value is -2.30. The van der Waals surface area contributed by atoms with Crippen LogP contribution in [0.5, 0.6) is 0 Å². The number of benzene rings is 1. The Morgan fingerprint density at radius 2 is 2.21 bits per heavy atom. The summed E-state index contributed by atoms with van der Waals surface area (Å²) in [4.78, 5) is 29.7. The van der Waals surface area contributed by atoms with E-state index in [9.17, 15) is 9.59 Å². The van der Waals surface area contributed by atoms with Crippen molar-refractivity contribution in [2.24, 2.45) is 0 Å². The van der Waals surface area contributed by atoms with Crippen molar-refractivity contribution in [1.29, 1.82) is 5.26 Å². The van der Waals surface area contributed by atoms with Crippen molar-refractivity contribution in [3.8, 4) is 6.07 Å². The van der Waals surface area contributed by atoms with E-state index in [-0.39, 0.29) is 28.3 Å². The summed E-state index contributed by atoms with van der Waals surface area (Å²) in [5.74, 6) is -0.199. The molecule has 1 atom stereocenters. The number of nitrogens with one attached hydrogen (secondary N) is 2. The van der Waals surface area contributed by atoms with Crippen LogP contribution in [0.3, 0.4) is 0 Å². The molecule has 24 heavy (non-hydrogen) atoms. The Balaban J connectivity index is 2.03. The topological polar surface area (TPSA) is 98.6 Å². The standard InChI is InChI=1S/C16H15ClN4O2S/c1-9(11-5-3-4-6-13(11)17)19-14(22)8-24-15-12(7-18)10(2)20-16(23)21-15/h3-6,9H,8H2,1-2H3,(H,19,22)(H,20,21,23)/t9-/m1/s1. The van der Waals surface area contributed by atoms with Gasteiger partial charge < -0.3 is 10.3 Å². The van der Waals surface area contributed by atoms with E-state index in [1.54, 1.807) is 13.0 Å². The lowest BCUT2D eigenvalue weighted by Crippen LogP contribution is -2.28. The maximum Gasteiger partial charge on any atom is 0.346 e. The Kier molecular flexibility index (Phi) is 6.01. The van der Waals surface area contributed by atoms with Crippen LogP contribution in [0.25, 0.3) is 0 Å². The largest absolute Gasteiger partial charge is 0.349 e. The molecule has 6 nitrogen and oxygen atoms in total. The second-order valence-electron chi connectivity index (χ2n) is 5.06. The van der Waals surface area contributed by atoms with E-state index in [1.165, 1.54) is 0 Å². The summed E-state index contributed by atoms with van der Waals surface area (Å²) in [6.45, 7) is 3.45. The summed E-state index contributed by atoms with van der Waals surface area (Å²) in [6.07, 6.45) is 0. The molecule has 124 valence electrons. The fraction of sp³-hybridized carbons (Fsp3) is 0.250. The van der Waals surface area contributed by atoms with Crippen molar-refractivity contribution in [2.45, 2.75) is 24.9 Å². The number of nitrogens with zero attached hydrogens (tertiary/aromatic N) is 2. The molecule has 2 aromatic rings. The molecule has 0 unspecified atom stereocenters. The van der Waals surface area contributed by atoms with Crippen molar-refractivity contribution in [1.82, 2.24) is 15.3 Å². The summed E-state index contributed by atoms with van der Waals surface area (Å²) in [5, 5.41) is 12.8. The van der Waals surface area contributed by atoms with Gasteiger partial charge in [-0.2, -0.15) is 10.2 Å². The highest BCUT2D eigenvalue weighted by atomic mass is 35.5. The van der Waals surface area contributed by atoms with Crippen LogP contribution in [0.2, 0.25) is 5.02 Å². The van der Waals surface area contributed by atoms with E-state index < -0.39 is 5.69 Å². The Bertz CT molecular complexity index is 860. The minimum atomic E-state index is -0.543. The third kappa shape index (κ3) is 4.37. The van der Waals surface area contributed by atoms with E-state index >= 15 is 0 Å². The van der Waals surface area contributed by atoms with Gasteiger partial charge in [0.2, 0.25) is 5.91 Å². The first-order valence-electron chi connectivity index (χ1n) is 7.10. The van der Waals surface area contributed by atoms with Crippen molar-refractivity contribution in [2.75, 3.05) is 5.75 Å². The summed E-state index contributed by atoms with van der Waals surface area (Å²) in [5.41, 5.74) is 0.982. The second-order valence-corrected chi connectivity index (χ2v) is 6.43. The van der Waals surface area contributed by atoms with Gasteiger partial charge in [-0.15, -0.1) is 0 Å². The average molecular weight is 363 g/mol. The molecule has 2 rings (SSSR count). The number of nitriles is 1. The van der Waals surface area contributed by atoms with Gasteiger partial charge in [0.1, 0.15) is 16.7 Å². The lowest BCUT2D eigenvalue weighted by molar-refractivity contribution is -0.119. The van der Waals surface area contributed by atoms with Gasteiger partial charge in [0, 0.05) is 10.7 Å². The Morgan fingerprint density at radius 1 is 1.50 bits per heavy atom. The Morgan fingerprint density at radius 3 is 2.88 bits per heavy atom. The number of aromatic amines is 1. The molecule has 0 bridgehead atoms. The van der Waals surface area contributed by atoms with Crippen molar-refractivity contribution >= 4 is 29.3 Å². The van der Waals surface area contributed by atoms with Crippen LogP contribution in [0, 0.1) is 18.3 Å². The molecule has 1 aromatic heterocycles. The van der Waals surface area contributed by atoms with E-state index in [2.05, 4.69) is 15.3 Å². The molecule has 1 aromatic carbocycles. The Labute approximate surface area is 148 Å². The maximum absolute atomic E-state index is 12.1. The van der Waals surface area contributed by atoms with Crippen LogP contribution < -0.4 is 11.0 Å². The first-order valence-corrected chi connectivity index (χ1v) is 8.46. The number of hydrogen-bond acceptors (Lipinski definition) is 5. The van der Waals surface area contributed by atoms with E-state index in [4.69, 9.17) is 16.9 Å². The molecular weight excluding hydrogens is 348 g/mol. The van der Waals surface area contributed by atoms with Crippen LogP contribution >= 0.6 is 23.4 Å². The third-order valence-corrected chi connectivity index (χ3v) is 4.61. The van der Waals surface area contributed by atoms with Crippen LogP contribution in [-0.4, -0.2) is 21.6 Å². The quantitative estimate of drug-likeness (QED) is 0.629. The first kappa shape index (κ1) is 18.0. The van der Waals surface area contributed by atoms with Crippen LogP contribution in [-0.2, 0) is 4.79 Å². The van der Waals surface area contributed by atoms with E-state index in [1.807, 2.05) is 31.2 Å². The van der Waals surface area contributed by atoms with Gasteiger partial charge >= 0.3 is 5.69 Å². The van der Waals surface area contributed by atoms with Crippen molar-refractivity contribution in [3.63, 3.8) is 0 Å². The zero-order valence-corrected chi connectivity index (χ0v) is 14.7. The molecule has 0 aliphatic heterocycles. The average Bonchev–Trinajstić information content (AvgIpc) is 2.52. The number of thioether (sulfide) groups is 1. The minimum absolute atomic E-state index is 0.0410. The van der Waals surface area contributed by atoms with Gasteiger partial charge in [-0.25, -0.2) is 4.79 Å². The third-order valence-electron chi connectivity index (χ3n) is 3.29. The highest BCUT2D eigenvalue weighted by Crippen LogP contribution is 2.23. The smallest absolute Gasteiger partial charge is 0.346 e. The molecule has 0 fully saturated rings. The van der Waals surface area contributed by atoms with Crippen molar-refractivity contribution in [3.05, 3.63) is 56.6 Å². The van der Waals surface area contributed by atoms with Crippen LogP contribution in [0.4, 0.5) is 0 Å². The monoisotopic (exact) mass is 362 g/mol. The number of carbonyl (C=O) groups excluding carboxylic acids is 1. The van der Waals surface area contributed by atoms with E-state index in [0.717, 1.165) is 17.3 Å². The maximum atomic E-state index is 12.1. The van der Waals surface area contributed by atoms with Gasteiger partial charge in [-0.3, -0.25) is 4.79 Å². The lowest BCUT2D eigenvalue weighted by Gasteiger charge is -2.15. The highest BCUT2D eigenvalue weighted by molar-refractivity contribution is 8.00. The van der Waals surface area contributed by atoms with Crippen LogP contribution in [0.1, 0.15) is 29.8 Å². The molecule has 1 amide bonds. The zero-order valence-electron chi connectivity index (χ0n) is 13.1. The van der Waals surface area contributed by atoms with Crippen molar-refractivity contribution < 1.29 is 4.79 Å². The summed E-state index contributed by atoms with van der Waals surface area (Å²) in [7, 11) is 0. The number of H-pyrrole nitrogens is 1. The second kappa shape index (κ2) is 7.99. The molecule has 0 spiro atoms. The molecular formula is C16H15ClN4O2S. The number of aromatic nitrogens is 2. The number of amides is 1. The van der Waals surface area contributed by atoms with Gasteiger partial charge in [0.15, 0.2) is 0 Å². The summed E-state index contributed by atoms with van der Waals surface area (Å²) < 4.78 is 0. The normalized spacial score (nSPS) is 11.6. The van der Waals surface area contributed by atoms with Gasteiger partial charge in [0.05, 0.1) is 11.8 Å². The highest BCUT2D eigenvalue weighted by Gasteiger charge is 2.15. The molecule has 0 radical (unpaired) electrons. The number of aryl methyl sites for hydroxylation is 1. The molecule has 0 saturated heterocycles. The number of rotatable bonds is 5. The van der Waals surface area contributed by atoms with Gasteiger partial charge in [-0.05, 0) is 25.5 Å². The molecule has 8 heteroatoms. The molecule has 0 saturated carbocycles. The lowest BCUT2D eigenvalue weighted by atomic mass is 10.1. The fourth-order valence-electron chi connectivity index (χ4n) is 2.12. The van der Waals surface area contributed by atoms with E-state index in [0.29, 0.717) is 10.7 Å². The predicted molar refractivity (Wildman–Crippen MR) is 93.0 cm³/mol. The first-order chi connectivity index (χ1) is 11.4. The molecule has 1 heterocycles. The van der Waals surface area contributed by atoms with Crippen LogP contribution in [0.15, 0.2) is 34.1 Å². The molecule has 0 aliphatic carbocycles. The number of hydrogen-bond donors (Lipinski definition) is 2. The van der Waals surface area contributed by atoms with Gasteiger partial charge in [0.25, 0.3) is 0 Å². The molecule has 2 N–H and O–H groups in total. The number of halogens is 1. The zero-order chi connectivity index (χ0) is 17.7. The molecule has 0 aliphatic rings. The van der Waals surface area contributed by atoms with Gasteiger partial charge in [-0.1, -0.05) is 41.6 Å². The number of carbonyl (C=O) groups is 1. The fourth-order valence-corrected chi connectivity index (χ4v) is 3.26. The minimum Gasteiger partial charge on any atom is -0.349 e. The SMILES string of the molecule is Cc1[nH]c(=O)nc(SCC(=O)N[C@H](C)c2ccccc2Cl)c1C#N. The summed E-state index contributed by atoms with van der Waals surface area (Å²) in [6, 6.07) is 9.00.